The first-order valence-corrected chi connectivity index (χ1v) is 6.63. The summed E-state index contributed by atoms with van der Waals surface area (Å²) in [5.74, 6) is 0. The van der Waals surface area contributed by atoms with Crippen LogP contribution in [0.25, 0.3) is 0 Å². The number of nitrogens with one attached hydrogen (secondary N) is 1. The summed E-state index contributed by atoms with van der Waals surface area (Å²) in [5.41, 5.74) is 0. The van der Waals surface area contributed by atoms with E-state index in [9.17, 15) is 8.42 Å². The quantitative estimate of drug-likeness (QED) is 0.738. The molecule has 1 rings (SSSR count). The van der Waals surface area contributed by atoms with E-state index in [0.717, 1.165) is 6.42 Å². The van der Waals surface area contributed by atoms with E-state index >= 15 is 0 Å². The van der Waals surface area contributed by atoms with E-state index < -0.39 is 10.0 Å². The average Bonchev–Trinajstić information content (AvgIpc) is 2.67. The first-order chi connectivity index (χ1) is 7.49. The molecular weight excluding hydrogens is 230 g/mol. The number of sulfonamides is 1. The third-order valence-electron chi connectivity index (χ3n) is 2.22. The summed E-state index contributed by atoms with van der Waals surface area (Å²) in [6.07, 6.45) is 3.41. The monoisotopic (exact) mass is 247 g/mol. The molecule has 0 saturated carbocycles. The molecule has 0 amide bonds. The maximum Gasteiger partial charge on any atom is 0.243 e. The van der Waals surface area contributed by atoms with Gasteiger partial charge in [-0.3, -0.25) is 4.68 Å². The summed E-state index contributed by atoms with van der Waals surface area (Å²) in [4.78, 5) is 0.126. The van der Waals surface area contributed by atoms with Crippen molar-refractivity contribution < 1.29 is 13.5 Å². The van der Waals surface area contributed by atoms with Gasteiger partial charge in [-0.15, -0.1) is 0 Å². The third-order valence-corrected chi connectivity index (χ3v) is 3.76. The van der Waals surface area contributed by atoms with E-state index in [1.165, 1.54) is 17.1 Å². The maximum atomic E-state index is 11.8. The lowest BCUT2D eigenvalue weighted by Gasteiger charge is -2.10. The molecule has 0 radical (unpaired) electrons. The van der Waals surface area contributed by atoms with Crippen LogP contribution in [0.2, 0.25) is 0 Å². The fourth-order valence-corrected chi connectivity index (χ4v) is 2.40. The van der Waals surface area contributed by atoms with Crippen molar-refractivity contribution in [2.24, 2.45) is 0 Å². The van der Waals surface area contributed by atoms with Gasteiger partial charge in [0.1, 0.15) is 4.90 Å². The maximum absolute atomic E-state index is 11.8. The van der Waals surface area contributed by atoms with Gasteiger partial charge in [-0.1, -0.05) is 6.92 Å². The van der Waals surface area contributed by atoms with Crippen LogP contribution in [0.15, 0.2) is 17.3 Å². The molecule has 7 heteroatoms. The number of hydrogen-bond donors (Lipinski definition) is 2. The Morgan fingerprint density at radius 3 is 2.88 bits per heavy atom. The van der Waals surface area contributed by atoms with Crippen molar-refractivity contribution in [3.8, 4) is 0 Å². The summed E-state index contributed by atoms with van der Waals surface area (Å²) in [6, 6.07) is -0.105. The highest BCUT2D eigenvalue weighted by Crippen LogP contribution is 2.08. The molecule has 0 aromatic carbocycles. The molecule has 1 aromatic rings. The molecule has 0 aliphatic rings. The molecule has 0 fully saturated rings. The van der Waals surface area contributed by atoms with Crippen molar-refractivity contribution in [1.82, 2.24) is 14.5 Å². The standard InChI is InChI=1S/C9H17N3O3S/c1-3-8(2)11-16(14,15)9-6-10-12(7-9)4-5-13/h6-8,11,13H,3-5H2,1-2H3. The van der Waals surface area contributed by atoms with Gasteiger partial charge in [0.2, 0.25) is 10.0 Å². The molecule has 92 valence electrons. The summed E-state index contributed by atoms with van der Waals surface area (Å²) in [5, 5.41) is 12.5. The van der Waals surface area contributed by atoms with Crippen LogP contribution in [-0.4, -0.2) is 36.0 Å². The van der Waals surface area contributed by atoms with Crippen LogP contribution in [-0.2, 0) is 16.6 Å². The van der Waals surface area contributed by atoms with Crippen molar-refractivity contribution in [2.75, 3.05) is 6.61 Å². The van der Waals surface area contributed by atoms with Crippen LogP contribution in [0, 0.1) is 0 Å². The van der Waals surface area contributed by atoms with E-state index in [2.05, 4.69) is 9.82 Å². The molecule has 0 saturated heterocycles. The zero-order valence-corrected chi connectivity index (χ0v) is 10.2. The predicted octanol–water partition coefficient (Wildman–Crippen LogP) is -0.0478. The van der Waals surface area contributed by atoms with Crippen molar-refractivity contribution in [3.05, 3.63) is 12.4 Å². The van der Waals surface area contributed by atoms with Gasteiger partial charge in [0, 0.05) is 12.2 Å². The van der Waals surface area contributed by atoms with Crippen molar-refractivity contribution in [3.63, 3.8) is 0 Å². The van der Waals surface area contributed by atoms with Gasteiger partial charge in [0.15, 0.2) is 0 Å². The molecule has 1 atom stereocenters. The Bertz CT molecular complexity index is 427. The Balaban J connectivity index is 2.81. The van der Waals surface area contributed by atoms with Crippen LogP contribution in [0.5, 0.6) is 0 Å². The molecule has 0 bridgehead atoms. The third kappa shape index (κ3) is 3.29. The van der Waals surface area contributed by atoms with Gasteiger partial charge < -0.3 is 5.11 Å². The average molecular weight is 247 g/mol. The lowest BCUT2D eigenvalue weighted by molar-refractivity contribution is 0.269. The minimum atomic E-state index is -3.48. The first-order valence-electron chi connectivity index (χ1n) is 5.15. The van der Waals surface area contributed by atoms with Crippen molar-refractivity contribution in [2.45, 2.75) is 37.8 Å². The highest BCUT2D eigenvalue weighted by molar-refractivity contribution is 7.89. The Hall–Kier alpha value is -0.920. The summed E-state index contributed by atoms with van der Waals surface area (Å²) in [6.45, 7) is 3.93. The van der Waals surface area contributed by atoms with Gasteiger partial charge in [-0.05, 0) is 13.3 Å². The van der Waals surface area contributed by atoms with Crippen LogP contribution in [0.1, 0.15) is 20.3 Å². The Labute approximate surface area is 95.3 Å². The number of hydrogen-bond acceptors (Lipinski definition) is 4. The second kappa shape index (κ2) is 5.42. The molecule has 1 unspecified atom stereocenters. The number of nitrogens with zero attached hydrogens (tertiary/aromatic N) is 2. The molecule has 2 N–H and O–H groups in total. The molecule has 1 aromatic heterocycles. The van der Waals surface area contributed by atoms with Crippen LogP contribution >= 0.6 is 0 Å². The summed E-state index contributed by atoms with van der Waals surface area (Å²) in [7, 11) is -3.48. The van der Waals surface area contributed by atoms with E-state index in [1.54, 1.807) is 6.92 Å². The second-order valence-electron chi connectivity index (χ2n) is 3.59. The molecule has 0 aliphatic carbocycles. The molecule has 16 heavy (non-hydrogen) atoms. The van der Waals surface area contributed by atoms with E-state index in [0.29, 0.717) is 6.54 Å². The number of aliphatic hydroxyl groups excluding tert-OH is 1. The first kappa shape index (κ1) is 13.1. The highest BCUT2D eigenvalue weighted by Gasteiger charge is 2.18. The Morgan fingerprint density at radius 1 is 1.62 bits per heavy atom. The summed E-state index contributed by atoms with van der Waals surface area (Å²) < 4.78 is 27.5. The van der Waals surface area contributed by atoms with Crippen molar-refractivity contribution >= 4 is 10.0 Å². The largest absolute Gasteiger partial charge is 0.394 e. The normalized spacial score (nSPS) is 13.9. The number of rotatable bonds is 6. The molecule has 0 spiro atoms. The van der Waals surface area contributed by atoms with Crippen LogP contribution < -0.4 is 4.72 Å². The lowest BCUT2D eigenvalue weighted by Crippen LogP contribution is -2.31. The fraction of sp³-hybridized carbons (Fsp3) is 0.667. The van der Waals surface area contributed by atoms with Gasteiger partial charge in [-0.25, -0.2) is 13.1 Å². The minimum absolute atomic E-state index is 0.0695. The van der Waals surface area contributed by atoms with Gasteiger partial charge in [0.05, 0.1) is 19.3 Å². The number of aliphatic hydroxyl groups is 1. The zero-order chi connectivity index (χ0) is 12.2. The van der Waals surface area contributed by atoms with E-state index in [1.807, 2.05) is 6.92 Å². The zero-order valence-electron chi connectivity index (χ0n) is 9.42. The lowest BCUT2D eigenvalue weighted by atomic mass is 10.3. The summed E-state index contributed by atoms with van der Waals surface area (Å²) >= 11 is 0. The smallest absolute Gasteiger partial charge is 0.243 e. The molecule has 0 aliphatic heterocycles. The molecule has 1 heterocycles. The topological polar surface area (TPSA) is 84.2 Å². The number of aromatic nitrogens is 2. The predicted molar refractivity (Wildman–Crippen MR) is 59.4 cm³/mol. The Morgan fingerprint density at radius 2 is 2.31 bits per heavy atom. The minimum Gasteiger partial charge on any atom is -0.394 e. The van der Waals surface area contributed by atoms with E-state index in [4.69, 9.17) is 5.11 Å². The van der Waals surface area contributed by atoms with Gasteiger partial charge in [0.25, 0.3) is 0 Å². The van der Waals surface area contributed by atoms with Gasteiger partial charge >= 0.3 is 0 Å². The van der Waals surface area contributed by atoms with Gasteiger partial charge in [-0.2, -0.15) is 5.10 Å². The second-order valence-corrected chi connectivity index (χ2v) is 5.31. The van der Waals surface area contributed by atoms with Crippen LogP contribution in [0.3, 0.4) is 0 Å². The van der Waals surface area contributed by atoms with E-state index in [-0.39, 0.29) is 17.5 Å². The SMILES string of the molecule is CCC(C)NS(=O)(=O)c1cnn(CCO)c1. The van der Waals surface area contributed by atoms with Crippen molar-refractivity contribution in [1.29, 1.82) is 0 Å². The fourth-order valence-electron chi connectivity index (χ4n) is 1.12. The Kier molecular flexibility index (Phi) is 4.45. The molecule has 6 nitrogen and oxygen atoms in total. The molecular formula is C9H17N3O3S. The highest BCUT2D eigenvalue weighted by atomic mass is 32.2. The van der Waals surface area contributed by atoms with Crippen LogP contribution in [0.4, 0.5) is 0 Å².